The average Bonchev–Trinajstić information content (AvgIpc) is 2.77. The predicted octanol–water partition coefficient (Wildman–Crippen LogP) is 3.75. The van der Waals surface area contributed by atoms with Crippen molar-refractivity contribution in [1.29, 1.82) is 0 Å². The van der Waals surface area contributed by atoms with Crippen LogP contribution in [0.1, 0.15) is 28.6 Å². The van der Waals surface area contributed by atoms with E-state index in [1.807, 2.05) is 6.92 Å². The van der Waals surface area contributed by atoms with Gasteiger partial charge in [0.05, 0.1) is 13.2 Å². The van der Waals surface area contributed by atoms with E-state index in [0.29, 0.717) is 22.4 Å². The van der Waals surface area contributed by atoms with Crippen molar-refractivity contribution in [3.05, 3.63) is 34.5 Å². The van der Waals surface area contributed by atoms with Gasteiger partial charge in [-0.15, -0.1) is 11.3 Å². The molecule has 19 heavy (non-hydrogen) atoms. The molecule has 2 rings (SSSR count). The van der Waals surface area contributed by atoms with Gasteiger partial charge in [-0.3, -0.25) is 0 Å². The number of carbonyl (C=O) groups is 1. The zero-order chi connectivity index (χ0) is 13.8. The van der Waals surface area contributed by atoms with Crippen LogP contribution in [-0.4, -0.2) is 19.7 Å². The van der Waals surface area contributed by atoms with Crippen molar-refractivity contribution >= 4 is 27.4 Å². The Morgan fingerprint density at radius 2 is 2.21 bits per heavy atom. The molecular formula is C14H15FO3S. The van der Waals surface area contributed by atoms with Gasteiger partial charge in [0.25, 0.3) is 0 Å². The van der Waals surface area contributed by atoms with Crippen molar-refractivity contribution in [2.45, 2.75) is 20.0 Å². The fourth-order valence-corrected chi connectivity index (χ4v) is 2.99. The number of carbonyl (C=O) groups excluding carboxylic acids is 1. The van der Waals surface area contributed by atoms with Crippen LogP contribution in [0.3, 0.4) is 0 Å². The summed E-state index contributed by atoms with van der Waals surface area (Å²) < 4.78 is 24.8. The minimum Gasteiger partial charge on any atom is -0.462 e. The van der Waals surface area contributed by atoms with E-state index in [1.165, 1.54) is 24.5 Å². The van der Waals surface area contributed by atoms with E-state index in [0.717, 1.165) is 11.1 Å². The highest BCUT2D eigenvalue weighted by atomic mass is 32.1. The van der Waals surface area contributed by atoms with Crippen molar-refractivity contribution < 1.29 is 18.7 Å². The second kappa shape index (κ2) is 6.12. The molecule has 0 aliphatic carbocycles. The number of rotatable bonds is 5. The number of fused-ring (bicyclic) bond motifs is 1. The Hall–Kier alpha value is -1.46. The maximum atomic E-state index is 13.9. The number of hydrogen-bond donors (Lipinski definition) is 0. The third-order valence-corrected chi connectivity index (χ3v) is 3.85. The molecule has 0 aliphatic heterocycles. The molecule has 0 saturated carbocycles. The van der Waals surface area contributed by atoms with E-state index in [4.69, 9.17) is 9.47 Å². The number of benzene rings is 1. The van der Waals surface area contributed by atoms with Gasteiger partial charge < -0.3 is 9.47 Å². The third kappa shape index (κ3) is 2.77. The highest BCUT2D eigenvalue weighted by Gasteiger charge is 2.21. The molecule has 0 bridgehead atoms. The maximum Gasteiger partial charge on any atom is 0.348 e. The standard InChI is InChI=1S/C14H15FO3S/c1-3-7-18-14(16)13-9(8-17-2)12-10(15)5-4-6-11(12)19-13/h4-6H,3,7-8H2,1-2H3. The molecule has 0 N–H and O–H groups in total. The molecule has 102 valence electrons. The van der Waals surface area contributed by atoms with Crippen LogP contribution in [0, 0.1) is 5.82 Å². The number of halogens is 1. The molecule has 3 nitrogen and oxygen atoms in total. The number of esters is 1. The van der Waals surface area contributed by atoms with Gasteiger partial charge in [0.1, 0.15) is 10.7 Å². The molecule has 0 spiro atoms. The molecule has 0 fully saturated rings. The predicted molar refractivity (Wildman–Crippen MR) is 73.1 cm³/mol. The fourth-order valence-electron chi connectivity index (χ4n) is 1.87. The number of ether oxygens (including phenoxy) is 2. The molecule has 1 heterocycles. The van der Waals surface area contributed by atoms with E-state index < -0.39 is 5.97 Å². The van der Waals surface area contributed by atoms with Crippen molar-refractivity contribution in [2.75, 3.05) is 13.7 Å². The van der Waals surface area contributed by atoms with E-state index in [1.54, 1.807) is 12.1 Å². The highest BCUT2D eigenvalue weighted by molar-refractivity contribution is 7.21. The Balaban J connectivity index is 2.50. The zero-order valence-electron chi connectivity index (χ0n) is 10.9. The van der Waals surface area contributed by atoms with E-state index in [2.05, 4.69) is 0 Å². The summed E-state index contributed by atoms with van der Waals surface area (Å²) in [7, 11) is 1.52. The Morgan fingerprint density at radius 1 is 1.42 bits per heavy atom. The lowest BCUT2D eigenvalue weighted by molar-refractivity contribution is 0.0507. The SMILES string of the molecule is CCCOC(=O)c1sc2cccc(F)c2c1COC. The van der Waals surface area contributed by atoms with Crippen LogP contribution in [0.15, 0.2) is 18.2 Å². The quantitative estimate of drug-likeness (QED) is 0.783. The van der Waals surface area contributed by atoms with Crippen molar-refractivity contribution in [3.8, 4) is 0 Å². The lowest BCUT2D eigenvalue weighted by Gasteiger charge is -2.04. The van der Waals surface area contributed by atoms with Crippen LogP contribution in [0.4, 0.5) is 4.39 Å². The molecule has 1 aromatic heterocycles. The summed E-state index contributed by atoms with van der Waals surface area (Å²) in [6.45, 7) is 2.48. The molecule has 0 radical (unpaired) electrons. The largest absolute Gasteiger partial charge is 0.462 e. The summed E-state index contributed by atoms with van der Waals surface area (Å²) in [5.41, 5.74) is 0.571. The van der Waals surface area contributed by atoms with Crippen LogP contribution < -0.4 is 0 Å². The summed E-state index contributed by atoms with van der Waals surface area (Å²) in [6.07, 6.45) is 0.755. The topological polar surface area (TPSA) is 35.5 Å². The van der Waals surface area contributed by atoms with Gasteiger partial charge in [-0.2, -0.15) is 0 Å². The minimum absolute atomic E-state index is 0.192. The smallest absolute Gasteiger partial charge is 0.348 e. The molecule has 0 unspecified atom stereocenters. The van der Waals surface area contributed by atoms with E-state index in [-0.39, 0.29) is 12.4 Å². The lowest BCUT2D eigenvalue weighted by Crippen LogP contribution is -2.07. The summed E-state index contributed by atoms with van der Waals surface area (Å²) in [5.74, 6) is -0.746. The van der Waals surface area contributed by atoms with Gasteiger partial charge >= 0.3 is 5.97 Å². The zero-order valence-corrected chi connectivity index (χ0v) is 11.7. The molecule has 2 aromatic rings. The van der Waals surface area contributed by atoms with Gasteiger partial charge in [-0.1, -0.05) is 13.0 Å². The first-order valence-electron chi connectivity index (χ1n) is 6.05. The minimum atomic E-state index is -0.408. The number of hydrogen-bond acceptors (Lipinski definition) is 4. The lowest BCUT2D eigenvalue weighted by atomic mass is 10.1. The second-order valence-electron chi connectivity index (χ2n) is 4.09. The Labute approximate surface area is 114 Å². The fraction of sp³-hybridized carbons (Fsp3) is 0.357. The van der Waals surface area contributed by atoms with Crippen molar-refractivity contribution in [1.82, 2.24) is 0 Å². The first-order valence-corrected chi connectivity index (χ1v) is 6.86. The Morgan fingerprint density at radius 3 is 2.89 bits per heavy atom. The summed E-state index contributed by atoms with van der Waals surface area (Å²) in [5, 5.41) is 0.456. The third-order valence-electron chi connectivity index (χ3n) is 2.67. The van der Waals surface area contributed by atoms with Crippen LogP contribution in [0.5, 0.6) is 0 Å². The van der Waals surface area contributed by atoms with E-state index in [9.17, 15) is 9.18 Å². The van der Waals surface area contributed by atoms with Crippen LogP contribution in [-0.2, 0) is 16.1 Å². The summed E-state index contributed by atoms with van der Waals surface area (Å²) >= 11 is 1.24. The maximum absolute atomic E-state index is 13.9. The van der Waals surface area contributed by atoms with Crippen molar-refractivity contribution in [3.63, 3.8) is 0 Å². The van der Waals surface area contributed by atoms with Gasteiger partial charge in [0.15, 0.2) is 0 Å². The molecule has 1 aromatic carbocycles. The van der Waals surface area contributed by atoms with Gasteiger partial charge in [-0.25, -0.2) is 9.18 Å². The second-order valence-corrected chi connectivity index (χ2v) is 5.14. The average molecular weight is 282 g/mol. The Bertz CT molecular complexity index is 592. The summed E-state index contributed by atoms with van der Waals surface area (Å²) in [4.78, 5) is 12.4. The molecular weight excluding hydrogens is 267 g/mol. The normalized spacial score (nSPS) is 10.9. The first kappa shape index (κ1) is 14.0. The molecule has 0 amide bonds. The number of thiophene rings is 1. The van der Waals surface area contributed by atoms with Crippen LogP contribution >= 0.6 is 11.3 Å². The molecule has 0 atom stereocenters. The summed E-state index contributed by atoms with van der Waals surface area (Å²) in [6, 6.07) is 4.81. The van der Waals surface area contributed by atoms with Gasteiger partial charge in [0.2, 0.25) is 0 Å². The molecule has 5 heteroatoms. The molecule has 0 saturated heterocycles. The van der Waals surface area contributed by atoms with Crippen LogP contribution in [0.2, 0.25) is 0 Å². The monoisotopic (exact) mass is 282 g/mol. The number of methoxy groups -OCH3 is 1. The molecule has 0 aliphatic rings. The van der Waals surface area contributed by atoms with Crippen molar-refractivity contribution in [2.24, 2.45) is 0 Å². The Kier molecular flexibility index (Phi) is 4.50. The van der Waals surface area contributed by atoms with Crippen LogP contribution in [0.25, 0.3) is 10.1 Å². The highest BCUT2D eigenvalue weighted by Crippen LogP contribution is 2.34. The van der Waals surface area contributed by atoms with Gasteiger partial charge in [-0.05, 0) is 18.6 Å². The van der Waals surface area contributed by atoms with E-state index >= 15 is 0 Å². The van der Waals surface area contributed by atoms with Gasteiger partial charge in [0, 0.05) is 22.8 Å². The first-order chi connectivity index (χ1) is 9.19.